The van der Waals surface area contributed by atoms with Crippen LogP contribution in [0.2, 0.25) is 0 Å². The number of hydrogen-bond acceptors (Lipinski definition) is 2. The van der Waals surface area contributed by atoms with Crippen molar-refractivity contribution in [1.82, 2.24) is 0 Å². The molecule has 0 saturated carbocycles. The number of halogens is 2. The van der Waals surface area contributed by atoms with Crippen LogP contribution in [-0.4, -0.2) is 0 Å². The molecule has 2 aromatic rings. The minimum absolute atomic E-state index is 0.892. The molecule has 0 amide bonds. The van der Waals surface area contributed by atoms with E-state index in [1.165, 1.54) is 10.1 Å². The lowest BCUT2D eigenvalue weighted by Gasteiger charge is -1.98. The van der Waals surface area contributed by atoms with Gasteiger partial charge in [0.2, 0.25) is 0 Å². The number of thiophene rings is 1. The van der Waals surface area contributed by atoms with Gasteiger partial charge in [-0.3, -0.25) is 0 Å². The molecule has 0 aliphatic rings. The first-order valence-corrected chi connectivity index (χ1v) is 6.06. The lowest BCUT2D eigenvalue weighted by molar-refractivity contribution is 1.72. The van der Waals surface area contributed by atoms with Crippen molar-refractivity contribution in [1.29, 1.82) is 0 Å². The summed E-state index contributed by atoms with van der Waals surface area (Å²) in [5.41, 5.74) is 6.81. The fraction of sp³-hybridized carbons (Fsp3) is 0. The van der Waals surface area contributed by atoms with Gasteiger partial charge in [-0.2, -0.15) is 0 Å². The van der Waals surface area contributed by atoms with Gasteiger partial charge in [0.25, 0.3) is 0 Å². The zero-order valence-electron chi connectivity index (χ0n) is 5.97. The largest absolute Gasteiger partial charge is 0.397 e. The summed E-state index contributed by atoms with van der Waals surface area (Å²) < 4.78 is 3.42. The first-order chi connectivity index (χ1) is 5.70. The summed E-state index contributed by atoms with van der Waals surface area (Å²) in [6, 6.07) is 4.13. The Morgan fingerprint density at radius 1 is 1.42 bits per heavy atom. The molecule has 1 heterocycles. The highest BCUT2D eigenvalue weighted by Crippen LogP contribution is 2.36. The van der Waals surface area contributed by atoms with Crippen molar-refractivity contribution >= 4 is 65.6 Å². The molecule has 0 saturated heterocycles. The second kappa shape index (κ2) is 3.16. The van der Waals surface area contributed by atoms with E-state index in [1.807, 2.05) is 6.07 Å². The van der Waals surface area contributed by atoms with Crippen molar-refractivity contribution < 1.29 is 0 Å². The van der Waals surface area contributed by atoms with Gasteiger partial charge in [-0.05, 0) is 44.6 Å². The molecule has 0 atom stereocenters. The van der Waals surface area contributed by atoms with Crippen LogP contribution in [0.15, 0.2) is 22.0 Å². The maximum atomic E-state index is 5.91. The van der Waals surface area contributed by atoms with E-state index in [9.17, 15) is 0 Å². The van der Waals surface area contributed by atoms with Gasteiger partial charge in [-0.25, -0.2) is 0 Å². The van der Waals surface area contributed by atoms with E-state index in [1.54, 1.807) is 11.3 Å². The number of rotatable bonds is 0. The minimum atomic E-state index is 0.892. The summed E-state index contributed by atoms with van der Waals surface area (Å²) >= 11 is 7.40. The van der Waals surface area contributed by atoms with E-state index >= 15 is 0 Å². The average Bonchev–Trinajstić information content (AvgIpc) is 2.41. The molecule has 0 fully saturated rings. The summed E-state index contributed by atoms with van der Waals surface area (Å²) in [6.45, 7) is 0. The fourth-order valence-corrected chi connectivity index (χ4v) is 3.33. The van der Waals surface area contributed by atoms with E-state index in [0.29, 0.717) is 0 Å². The highest BCUT2D eigenvalue weighted by atomic mass is 127. The Hall–Kier alpha value is 0.190. The highest BCUT2D eigenvalue weighted by Gasteiger charge is 2.06. The third-order valence-corrected chi connectivity index (χ3v) is 4.61. The van der Waals surface area contributed by atoms with Crippen LogP contribution in [0, 0.1) is 3.57 Å². The van der Waals surface area contributed by atoms with Crippen LogP contribution >= 0.6 is 49.9 Å². The molecule has 12 heavy (non-hydrogen) atoms. The molecule has 1 nitrogen and oxygen atoms in total. The number of anilines is 1. The maximum Gasteiger partial charge on any atom is 0.0631 e. The van der Waals surface area contributed by atoms with Gasteiger partial charge in [-0.1, -0.05) is 6.07 Å². The van der Waals surface area contributed by atoms with Crippen LogP contribution in [0.5, 0.6) is 0 Å². The van der Waals surface area contributed by atoms with Gasteiger partial charge in [-0.15, -0.1) is 11.3 Å². The molecular weight excluding hydrogens is 349 g/mol. The number of nitrogen functional groups attached to an aromatic ring is 1. The number of benzene rings is 1. The molecule has 2 N–H and O–H groups in total. The van der Waals surface area contributed by atoms with Crippen molar-refractivity contribution in [3.8, 4) is 0 Å². The SMILES string of the molecule is Nc1c(I)ccc2c(Br)csc12. The van der Waals surface area contributed by atoms with Gasteiger partial charge >= 0.3 is 0 Å². The fourth-order valence-electron chi connectivity index (χ4n) is 1.06. The summed E-state index contributed by atoms with van der Waals surface area (Å²) in [5.74, 6) is 0. The van der Waals surface area contributed by atoms with E-state index in [0.717, 1.165) is 13.7 Å². The van der Waals surface area contributed by atoms with Crippen LogP contribution in [0.25, 0.3) is 10.1 Å². The van der Waals surface area contributed by atoms with Crippen LogP contribution in [0.1, 0.15) is 0 Å². The normalized spacial score (nSPS) is 10.8. The van der Waals surface area contributed by atoms with Crippen LogP contribution < -0.4 is 5.73 Å². The van der Waals surface area contributed by atoms with Crippen molar-refractivity contribution in [2.75, 3.05) is 5.73 Å². The molecule has 4 heteroatoms. The Balaban J connectivity index is 2.93. The molecule has 62 valence electrons. The second-order valence-electron chi connectivity index (χ2n) is 2.42. The molecule has 1 aromatic carbocycles. The molecule has 0 aliphatic carbocycles. The predicted molar refractivity (Wildman–Crippen MR) is 66.7 cm³/mol. The molecule has 0 unspecified atom stereocenters. The molecule has 0 bridgehead atoms. The lowest BCUT2D eigenvalue weighted by Crippen LogP contribution is -1.87. The zero-order valence-corrected chi connectivity index (χ0v) is 10.5. The first-order valence-electron chi connectivity index (χ1n) is 3.31. The summed E-state index contributed by atoms with van der Waals surface area (Å²) in [5, 5.41) is 3.27. The maximum absolute atomic E-state index is 5.91. The average molecular weight is 354 g/mol. The highest BCUT2D eigenvalue weighted by molar-refractivity contribution is 14.1. The zero-order chi connectivity index (χ0) is 8.72. The van der Waals surface area contributed by atoms with Gasteiger partial charge in [0, 0.05) is 18.8 Å². The van der Waals surface area contributed by atoms with Gasteiger partial charge < -0.3 is 5.73 Å². The van der Waals surface area contributed by atoms with E-state index < -0.39 is 0 Å². The number of hydrogen-bond donors (Lipinski definition) is 1. The van der Waals surface area contributed by atoms with Crippen molar-refractivity contribution in [2.45, 2.75) is 0 Å². The predicted octanol–water partition coefficient (Wildman–Crippen LogP) is 3.85. The van der Waals surface area contributed by atoms with Crippen molar-refractivity contribution in [3.05, 3.63) is 25.6 Å². The Morgan fingerprint density at radius 3 is 2.92 bits per heavy atom. The molecular formula is C8H5BrINS. The molecule has 2 rings (SSSR count). The number of nitrogens with two attached hydrogens (primary N) is 1. The summed E-state index contributed by atoms with van der Waals surface area (Å²) in [6.07, 6.45) is 0. The smallest absolute Gasteiger partial charge is 0.0631 e. The van der Waals surface area contributed by atoms with E-state index in [2.05, 4.69) is 50.0 Å². The van der Waals surface area contributed by atoms with Gasteiger partial charge in [0.05, 0.1) is 10.4 Å². The molecule has 0 aliphatic heterocycles. The lowest BCUT2D eigenvalue weighted by atomic mass is 10.2. The molecule has 0 spiro atoms. The standard InChI is InChI=1S/C8H5BrINS/c9-5-3-12-8-4(5)1-2-6(10)7(8)11/h1-3H,11H2. The van der Waals surface area contributed by atoms with Gasteiger partial charge in [0.1, 0.15) is 0 Å². The van der Waals surface area contributed by atoms with Crippen LogP contribution in [-0.2, 0) is 0 Å². The number of fused-ring (bicyclic) bond motifs is 1. The third kappa shape index (κ3) is 1.25. The summed E-state index contributed by atoms with van der Waals surface area (Å²) in [7, 11) is 0. The molecule has 1 aromatic heterocycles. The van der Waals surface area contributed by atoms with Crippen molar-refractivity contribution in [2.24, 2.45) is 0 Å². The Kier molecular flexibility index (Phi) is 2.31. The monoisotopic (exact) mass is 353 g/mol. The quantitative estimate of drug-likeness (QED) is 0.565. The van der Waals surface area contributed by atoms with Crippen LogP contribution in [0.3, 0.4) is 0 Å². The Bertz CT molecular complexity index is 438. The third-order valence-electron chi connectivity index (χ3n) is 1.68. The first kappa shape index (κ1) is 8.77. The van der Waals surface area contributed by atoms with E-state index in [-0.39, 0.29) is 0 Å². The minimum Gasteiger partial charge on any atom is -0.397 e. The van der Waals surface area contributed by atoms with Crippen LogP contribution in [0.4, 0.5) is 5.69 Å². The molecule has 0 radical (unpaired) electrons. The van der Waals surface area contributed by atoms with Crippen molar-refractivity contribution in [3.63, 3.8) is 0 Å². The van der Waals surface area contributed by atoms with Gasteiger partial charge in [0.15, 0.2) is 0 Å². The summed E-state index contributed by atoms with van der Waals surface area (Å²) in [4.78, 5) is 0. The second-order valence-corrected chi connectivity index (χ2v) is 5.32. The Labute approximate surface area is 96.2 Å². The Morgan fingerprint density at radius 2 is 2.17 bits per heavy atom. The van der Waals surface area contributed by atoms with E-state index in [4.69, 9.17) is 5.73 Å². The topological polar surface area (TPSA) is 26.0 Å².